The predicted octanol–water partition coefficient (Wildman–Crippen LogP) is 0.295. The smallest absolute Gasteiger partial charge is 0.323 e. The van der Waals surface area contributed by atoms with Crippen LogP contribution in [0.15, 0.2) is 0 Å². The van der Waals surface area contributed by atoms with Crippen LogP contribution in [0.3, 0.4) is 0 Å². The lowest BCUT2D eigenvalue weighted by molar-refractivity contribution is -0.144. The van der Waals surface area contributed by atoms with E-state index >= 15 is 0 Å². The van der Waals surface area contributed by atoms with Crippen molar-refractivity contribution in [1.82, 2.24) is 0 Å². The quantitative estimate of drug-likeness (QED) is 0.511. The van der Waals surface area contributed by atoms with Crippen molar-refractivity contribution in [2.24, 2.45) is 5.92 Å². The molecule has 0 aromatic rings. The summed E-state index contributed by atoms with van der Waals surface area (Å²) in [4.78, 5) is 10.7. The van der Waals surface area contributed by atoms with Crippen LogP contribution in [0.4, 0.5) is 0 Å². The SMILES string of the molecule is COCCOCCOCCOC(C)C(C#N)C(=O)O. The normalized spacial score (nSPS) is 13.7. The van der Waals surface area contributed by atoms with Crippen LogP contribution in [-0.2, 0) is 23.7 Å². The van der Waals surface area contributed by atoms with Crippen molar-refractivity contribution in [2.45, 2.75) is 13.0 Å². The highest BCUT2D eigenvalue weighted by molar-refractivity contribution is 5.73. The van der Waals surface area contributed by atoms with Crippen LogP contribution in [0.5, 0.6) is 0 Å². The molecule has 0 fully saturated rings. The predicted molar refractivity (Wildman–Crippen MR) is 65.7 cm³/mol. The van der Waals surface area contributed by atoms with Gasteiger partial charge in [0.1, 0.15) is 0 Å². The van der Waals surface area contributed by atoms with Crippen molar-refractivity contribution in [1.29, 1.82) is 5.26 Å². The first kappa shape index (κ1) is 17.8. The van der Waals surface area contributed by atoms with Crippen LogP contribution < -0.4 is 0 Å². The van der Waals surface area contributed by atoms with Gasteiger partial charge < -0.3 is 24.1 Å². The third kappa shape index (κ3) is 9.39. The maximum Gasteiger partial charge on any atom is 0.323 e. The summed E-state index contributed by atoms with van der Waals surface area (Å²) in [6, 6.07) is 1.68. The molecule has 2 atom stereocenters. The fraction of sp³-hybridized carbons (Fsp3) is 0.833. The largest absolute Gasteiger partial charge is 0.480 e. The molecule has 0 spiro atoms. The number of nitriles is 1. The number of hydrogen-bond acceptors (Lipinski definition) is 6. The molecule has 0 amide bonds. The summed E-state index contributed by atoms with van der Waals surface area (Å²) in [7, 11) is 1.60. The highest BCUT2D eigenvalue weighted by Gasteiger charge is 2.24. The summed E-state index contributed by atoms with van der Waals surface area (Å²) in [6.07, 6.45) is -0.663. The number of carbonyl (C=O) groups is 1. The Morgan fingerprint density at radius 1 is 1.16 bits per heavy atom. The third-order valence-corrected chi connectivity index (χ3v) is 2.29. The van der Waals surface area contributed by atoms with Gasteiger partial charge in [0, 0.05) is 7.11 Å². The highest BCUT2D eigenvalue weighted by atomic mass is 16.6. The van der Waals surface area contributed by atoms with Gasteiger partial charge in [-0.2, -0.15) is 5.26 Å². The monoisotopic (exact) mass is 275 g/mol. The maximum atomic E-state index is 10.7. The van der Waals surface area contributed by atoms with E-state index in [0.717, 1.165) is 0 Å². The standard InChI is InChI=1S/C12H21NO6/c1-10(11(9-13)12(14)15)19-8-7-18-6-5-17-4-3-16-2/h10-11H,3-8H2,1-2H3,(H,14,15). The first-order valence-corrected chi connectivity index (χ1v) is 6.02. The second-order valence-corrected chi connectivity index (χ2v) is 3.74. The van der Waals surface area contributed by atoms with Crippen molar-refractivity contribution < 1.29 is 28.8 Å². The molecule has 0 aromatic carbocycles. The van der Waals surface area contributed by atoms with Crippen LogP contribution in [0.1, 0.15) is 6.92 Å². The van der Waals surface area contributed by atoms with Crippen molar-refractivity contribution in [3.63, 3.8) is 0 Å². The Morgan fingerprint density at radius 2 is 1.68 bits per heavy atom. The molecule has 7 nitrogen and oxygen atoms in total. The fourth-order valence-corrected chi connectivity index (χ4v) is 1.21. The first-order chi connectivity index (χ1) is 9.13. The Labute approximate surface area is 113 Å². The van der Waals surface area contributed by atoms with Gasteiger partial charge >= 0.3 is 5.97 Å². The summed E-state index contributed by atoms with van der Waals surface area (Å²) in [5.74, 6) is -2.33. The van der Waals surface area contributed by atoms with Crippen LogP contribution in [-0.4, -0.2) is 63.9 Å². The van der Waals surface area contributed by atoms with E-state index in [-0.39, 0.29) is 6.61 Å². The zero-order chi connectivity index (χ0) is 14.5. The average Bonchev–Trinajstić information content (AvgIpc) is 2.37. The molecule has 7 heteroatoms. The summed E-state index contributed by atoms with van der Waals surface area (Å²) >= 11 is 0. The topological polar surface area (TPSA) is 98.0 Å². The zero-order valence-corrected chi connectivity index (χ0v) is 11.3. The molecule has 0 aliphatic heterocycles. The van der Waals surface area contributed by atoms with E-state index in [1.807, 2.05) is 0 Å². The van der Waals surface area contributed by atoms with Crippen molar-refractivity contribution in [2.75, 3.05) is 46.8 Å². The lowest BCUT2D eigenvalue weighted by atomic mass is 10.1. The molecule has 2 unspecified atom stereocenters. The van der Waals surface area contributed by atoms with Gasteiger partial charge in [-0.05, 0) is 6.92 Å². The van der Waals surface area contributed by atoms with E-state index in [2.05, 4.69) is 0 Å². The highest BCUT2D eigenvalue weighted by Crippen LogP contribution is 2.06. The van der Waals surface area contributed by atoms with E-state index in [0.29, 0.717) is 33.0 Å². The molecule has 0 heterocycles. The lowest BCUT2D eigenvalue weighted by Crippen LogP contribution is -2.28. The molecule has 0 bridgehead atoms. The molecule has 19 heavy (non-hydrogen) atoms. The van der Waals surface area contributed by atoms with Crippen molar-refractivity contribution in [3.8, 4) is 6.07 Å². The van der Waals surface area contributed by atoms with E-state index in [9.17, 15) is 4.79 Å². The van der Waals surface area contributed by atoms with Crippen molar-refractivity contribution in [3.05, 3.63) is 0 Å². The molecular weight excluding hydrogens is 254 g/mol. The minimum atomic E-state index is -1.18. The van der Waals surface area contributed by atoms with E-state index < -0.39 is 18.0 Å². The third-order valence-electron chi connectivity index (χ3n) is 2.29. The number of carboxylic acid groups (broad SMARTS) is 1. The van der Waals surface area contributed by atoms with Crippen LogP contribution in [0.2, 0.25) is 0 Å². The first-order valence-electron chi connectivity index (χ1n) is 6.02. The summed E-state index contributed by atoms with van der Waals surface area (Å²) in [6.45, 7) is 4.09. The minimum absolute atomic E-state index is 0.241. The number of aliphatic carboxylic acids is 1. The molecule has 1 N–H and O–H groups in total. The van der Waals surface area contributed by atoms with Crippen LogP contribution in [0, 0.1) is 17.2 Å². The van der Waals surface area contributed by atoms with E-state index in [4.69, 9.17) is 29.3 Å². The molecule has 0 saturated carbocycles. The zero-order valence-electron chi connectivity index (χ0n) is 11.3. The Hall–Kier alpha value is -1.20. The number of methoxy groups -OCH3 is 1. The number of hydrogen-bond donors (Lipinski definition) is 1. The molecule has 0 radical (unpaired) electrons. The van der Waals surface area contributed by atoms with E-state index in [1.165, 1.54) is 0 Å². The number of ether oxygens (including phenoxy) is 4. The van der Waals surface area contributed by atoms with Crippen LogP contribution in [0.25, 0.3) is 0 Å². The second kappa shape index (κ2) is 11.9. The van der Waals surface area contributed by atoms with Crippen molar-refractivity contribution >= 4 is 5.97 Å². The van der Waals surface area contributed by atoms with Gasteiger partial charge in [0.05, 0.1) is 51.8 Å². The van der Waals surface area contributed by atoms with Gasteiger partial charge in [-0.15, -0.1) is 0 Å². The molecule has 0 rings (SSSR count). The molecule has 0 aromatic heterocycles. The average molecular weight is 275 g/mol. The van der Waals surface area contributed by atoms with Gasteiger partial charge in [-0.3, -0.25) is 4.79 Å². The Morgan fingerprint density at radius 3 is 2.16 bits per heavy atom. The second-order valence-electron chi connectivity index (χ2n) is 3.74. The van der Waals surface area contributed by atoms with Crippen LogP contribution >= 0.6 is 0 Å². The van der Waals surface area contributed by atoms with Gasteiger partial charge in [-0.25, -0.2) is 0 Å². The Bertz CT molecular complexity index is 278. The minimum Gasteiger partial charge on any atom is -0.480 e. The molecule has 110 valence electrons. The maximum absolute atomic E-state index is 10.7. The van der Waals surface area contributed by atoms with E-state index in [1.54, 1.807) is 20.1 Å². The lowest BCUT2D eigenvalue weighted by Gasteiger charge is -2.15. The Balaban J connectivity index is 3.44. The summed E-state index contributed by atoms with van der Waals surface area (Å²) in [5, 5.41) is 17.4. The Kier molecular flexibility index (Phi) is 11.1. The number of carboxylic acids is 1. The summed E-state index contributed by atoms with van der Waals surface area (Å²) in [5.41, 5.74) is 0. The van der Waals surface area contributed by atoms with Gasteiger partial charge in [0.25, 0.3) is 0 Å². The molecular formula is C12H21NO6. The summed E-state index contributed by atoms with van der Waals surface area (Å²) < 4.78 is 20.4. The number of nitrogens with zero attached hydrogens (tertiary/aromatic N) is 1. The van der Waals surface area contributed by atoms with Gasteiger partial charge in [0.15, 0.2) is 5.92 Å². The number of rotatable bonds is 12. The fourth-order valence-electron chi connectivity index (χ4n) is 1.21. The molecule has 0 aliphatic rings. The van der Waals surface area contributed by atoms with Gasteiger partial charge in [0.2, 0.25) is 0 Å². The molecule has 0 aliphatic carbocycles. The molecule has 0 saturated heterocycles. The van der Waals surface area contributed by atoms with Gasteiger partial charge in [-0.1, -0.05) is 0 Å².